The lowest BCUT2D eigenvalue weighted by Gasteiger charge is -1.99. The Morgan fingerprint density at radius 2 is 1.67 bits per heavy atom. The second kappa shape index (κ2) is 9.52. The van der Waals surface area contributed by atoms with Crippen molar-refractivity contribution >= 4 is 0 Å². The van der Waals surface area contributed by atoms with Crippen LogP contribution in [0.25, 0.3) is 0 Å². The minimum Gasteiger partial charge on any atom is -0.396 e. The smallest absolute Gasteiger partial charge is 0.0431 e. The highest BCUT2D eigenvalue weighted by molar-refractivity contribution is 5.05. The van der Waals surface area contributed by atoms with Crippen LogP contribution in [0.1, 0.15) is 84.0 Å². The molecule has 120 valence electrons. The minimum absolute atomic E-state index is 0.331. The second-order valence-corrected chi connectivity index (χ2v) is 7.34. The highest BCUT2D eigenvalue weighted by Crippen LogP contribution is 2.54. The van der Waals surface area contributed by atoms with Gasteiger partial charge in [0, 0.05) is 19.4 Å². The largest absolute Gasteiger partial charge is 0.396 e. The highest BCUT2D eigenvalue weighted by Gasteiger charge is 2.44. The molecule has 0 heterocycles. The van der Waals surface area contributed by atoms with Crippen molar-refractivity contribution in [2.24, 2.45) is 23.7 Å². The molecule has 1 N–H and O–H groups in total. The van der Waals surface area contributed by atoms with Crippen LogP contribution < -0.4 is 0 Å². The van der Waals surface area contributed by atoms with Crippen molar-refractivity contribution in [2.75, 3.05) is 6.61 Å². The summed E-state index contributed by atoms with van der Waals surface area (Å²) in [6.45, 7) is 2.63. The summed E-state index contributed by atoms with van der Waals surface area (Å²) in [6, 6.07) is 0. The van der Waals surface area contributed by atoms with Gasteiger partial charge in [-0.2, -0.15) is 0 Å². The van der Waals surface area contributed by atoms with E-state index < -0.39 is 0 Å². The van der Waals surface area contributed by atoms with Gasteiger partial charge < -0.3 is 5.11 Å². The molecule has 0 amide bonds. The molecule has 0 aliphatic heterocycles. The van der Waals surface area contributed by atoms with Gasteiger partial charge in [-0.1, -0.05) is 39.0 Å². The van der Waals surface area contributed by atoms with E-state index in [0.717, 1.165) is 55.8 Å². The molecule has 2 aliphatic carbocycles. The first-order chi connectivity index (χ1) is 10.3. The van der Waals surface area contributed by atoms with Gasteiger partial charge in [0.25, 0.3) is 0 Å². The van der Waals surface area contributed by atoms with Gasteiger partial charge in [-0.05, 0) is 55.8 Å². The second-order valence-electron chi connectivity index (χ2n) is 7.34. The van der Waals surface area contributed by atoms with Gasteiger partial charge in [0.1, 0.15) is 0 Å². The van der Waals surface area contributed by atoms with Crippen molar-refractivity contribution in [3.63, 3.8) is 0 Å². The fourth-order valence-electron chi connectivity index (χ4n) is 3.64. The zero-order chi connectivity index (χ0) is 14.9. The van der Waals surface area contributed by atoms with Crippen LogP contribution in [0.5, 0.6) is 0 Å². The summed E-state index contributed by atoms with van der Waals surface area (Å²) in [5, 5.41) is 8.70. The van der Waals surface area contributed by atoms with Crippen LogP contribution in [0.3, 0.4) is 0 Å². The zero-order valence-electron chi connectivity index (χ0n) is 13.9. The van der Waals surface area contributed by atoms with Gasteiger partial charge in [-0.25, -0.2) is 0 Å². The van der Waals surface area contributed by atoms with Gasteiger partial charge >= 0.3 is 0 Å². The standard InChI is InChI=1S/C20H34O/c1-2-3-8-11-17-14-19(17)16-20-15-18(20)12-9-6-4-5-7-10-13-21/h17-21H,2-5,7-8,10-16H2,1H3/t17-,18-,19?,20-/m1/s1. The summed E-state index contributed by atoms with van der Waals surface area (Å²) >= 11 is 0. The Hall–Kier alpha value is -0.480. The summed E-state index contributed by atoms with van der Waals surface area (Å²) in [5.74, 6) is 10.8. The van der Waals surface area contributed by atoms with E-state index in [0.29, 0.717) is 6.61 Å². The maximum atomic E-state index is 8.70. The molecule has 1 nitrogen and oxygen atoms in total. The first-order valence-electron chi connectivity index (χ1n) is 9.41. The van der Waals surface area contributed by atoms with E-state index in [1.165, 1.54) is 44.9 Å². The Bertz CT molecular complexity index is 337. The normalized spacial score (nSPS) is 29.8. The van der Waals surface area contributed by atoms with Crippen LogP contribution in [-0.4, -0.2) is 11.7 Å². The van der Waals surface area contributed by atoms with Gasteiger partial charge in [-0.3, -0.25) is 0 Å². The van der Waals surface area contributed by atoms with Gasteiger partial charge in [0.05, 0.1) is 0 Å². The van der Waals surface area contributed by atoms with E-state index in [2.05, 4.69) is 18.8 Å². The average molecular weight is 290 g/mol. The molecule has 0 aromatic carbocycles. The minimum atomic E-state index is 0.331. The quantitative estimate of drug-likeness (QED) is 0.411. The number of hydrogen-bond acceptors (Lipinski definition) is 1. The molecule has 21 heavy (non-hydrogen) atoms. The predicted molar refractivity (Wildman–Crippen MR) is 89.9 cm³/mol. The molecule has 2 rings (SSSR count). The van der Waals surface area contributed by atoms with Crippen LogP contribution in [0.2, 0.25) is 0 Å². The molecule has 0 aromatic heterocycles. The van der Waals surface area contributed by atoms with E-state index in [9.17, 15) is 0 Å². The Morgan fingerprint density at radius 1 is 0.857 bits per heavy atom. The summed E-state index contributed by atoms with van der Waals surface area (Å²) in [6.07, 6.45) is 15.7. The van der Waals surface area contributed by atoms with Crippen LogP contribution in [-0.2, 0) is 0 Å². The average Bonchev–Trinajstić information content (AvgIpc) is 3.39. The number of aliphatic hydroxyl groups excluding tert-OH is 1. The highest BCUT2D eigenvalue weighted by atomic mass is 16.2. The molecular formula is C20H34O. The van der Waals surface area contributed by atoms with Crippen LogP contribution in [0, 0.1) is 35.5 Å². The van der Waals surface area contributed by atoms with E-state index in [1.807, 2.05) is 0 Å². The monoisotopic (exact) mass is 290 g/mol. The number of hydrogen-bond donors (Lipinski definition) is 1. The Kier molecular flexibility index (Phi) is 7.65. The number of unbranched alkanes of at least 4 members (excludes halogenated alkanes) is 5. The van der Waals surface area contributed by atoms with Crippen molar-refractivity contribution in [2.45, 2.75) is 84.0 Å². The third kappa shape index (κ3) is 6.88. The lowest BCUT2D eigenvalue weighted by atomic mass is 10.1. The molecule has 2 aliphatic rings. The molecule has 0 bridgehead atoms. The fraction of sp³-hybridized carbons (Fsp3) is 0.900. The molecule has 0 saturated heterocycles. The molecular weight excluding hydrogens is 256 g/mol. The lowest BCUT2D eigenvalue weighted by Crippen LogP contribution is -1.88. The maximum Gasteiger partial charge on any atom is 0.0431 e. The fourth-order valence-corrected chi connectivity index (χ4v) is 3.64. The van der Waals surface area contributed by atoms with E-state index in [4.69, 9.17) is 5.11 Å². The topological polar surface area (TPSA) is 20.2 Å². The van der Waals surface area contributed by atoms with Gasteiger partial charge in [-0.15, -0.1) is 11.8 Å². The number of rotatable bonds is 11. The van der Waals surface area contributed by atoms with Crippen molar-refractivity contribution in [1.29, 1.82) is 0 Å². The van der Waals surface area contributed by atoms with Gasteiger partial charge in [0.15, 0.2) is 0 Å². The molecule has 2 saturated carbocycles. The molecule has 0 spiro atoms. The third-order valence-electron chi connectivity index (χ3n) is 5.37. The third-order valence-corrected chi connectivity index (χ3v) is 5.37. The maximum absolute atomic E-state index is 8.70. The van der Waals surface area contributed by atoms with E-state index >= 15 is 0 Å². The molecule has 0 aromatic rings. The number of aliphatic hydroxyl groups is 1. The zero-order valence-corrected chi connectivity index (χ0v) is 13.9. The van der Waals surface area contributed by atoms with Crippen molar-refractivity contribution in [3.05, 3.63) is 0 Å². The molecule has 4 atom stereocenters. The predicted octanol–water partition coefficient (Wildman–Crippen LogP) is 5.18. The van der Waals surface area contributed by atoms with Crippen molar-refractivity contribution in [1.82, 2.24) is 0 Å². The molecule has 1 unspecified atom stereocenters. The Morgan fingerprint density at radius 3 is 2.48 bits per heavy atom. The lowest BCUT2D eigenvalue weighted by molar-refractivity contribution is 0.283. The summed E-state index contributed by atoms with van der Waals surface area (Å²) < 4.78 is 0. The van der Waals surface area contributed by atoms with Crippen molar-refractivity contribution in [3.8, 4) is 11.8 Å². The first kappa shape index (κ1) is 16.9. The Labute approximate surface area is 131 Å². The summed E-state index contributed by atoms with van der Waals surface area (Å²) in [7, 11) is 0. The molecule has 0 radical (unpaired) electrons. The summed E-state index contributed by atoms with van der Waals surface area (Å²) in [5.41, 5.74) is 0. The van der Waals surface area contributed by atoms with Crippen molar-refractivity contribution < 1.29 is 5.11 Å². The molecule has 1 heteroatoms. The molecule has 2 fully saturated rings. The van der Waals surface area contributed by atoms with Crippen LogP contribution in [0.4, 0.5) is 0 Å². The van der Waals surface area contributed by atoms with Crippen LogP contribution in [0.15, 0.2) is 0 Å². The summed E-state index contributed by atoms with van der Waals surface area (Å²) in [4.78, 5) is 0. The van der Waals surface area contributed by atoms with E-state index in [1.54, 1.807) is 0 Å². The van der Waals surface area contributed by atoms with Crippen LogP contribution >= 0.6 is 0 Å². The SMILES string of the molecule is CCCCC[C@@H]1CC1C[C@H]1C[C@H]1CC#CCCCCCO. The first-order valence-corrected chi connectivity index (χ1v) is 9.41. The Balaban J connectivity index is 1.43. The van der Waals surface area contributed by atoms with Gasteiger partial charge in [0.2, 0.25) is 0 Å². The van der Waals surface area contributed by atoms with E-state index in [-0.39, 0.29) is 0 Å².